The number of thiophene rings is 1. The highest BCUT2D eigenvalue weighted by molar-refractivity contribution is 7.99. The molecule has 0 aliphatic heterocycles. The Morgan fingerprint density at radius 2 is 2.03 bits per heavy atom. The third kappa shape index (κ3) is 5.17. The minimum atomic E-state index is -0.0406. The van der Waals surface area contributed by atoms with Crippen molar-refractivity contribution < 1.29 is 9.21 Å². The third-order valence-electron chi connectivity index (χ3n) is 4.42. The highest BCUT2D eigenvalue weighted by Gasteiger charge is 2.19. The van der Waals surface area contributed by atoms with Crippen molar-refractivity contribution in [3.05, 3.63) is 53.2 Å². The Morgan fingerprint density at radius 3 is 2.77 bits per heavy atom. The zero-order chi connectivity index (χ0) is 21.6. The summed E-state index contributed by atoms with van der Waals surface area (Å²) in [4.78, 5) is 15.5. The Hall–Kier alpha value is -3.05. The Kier molecular flexibility index (Phi) is 6.73. The number of amides is 1. The van der Waals surface area contributed by atoms with Crippen molar-refractivity contribution in [2.24, 2.45) is 0 Å². The molecule has 0 N–H and O–H groups in total. The topological polar surface area (TPSA) is 103 Å². The van der Waals surface area contributed by atoms with E-state index >= 15 is 0 Å². The van der Waals surface area contributed by atoms with Crippen LogP contribution in [0.25, 0.3) is 16.5 Å². The van der Waals surface area contributed by atoms with E-state index in [1.165, 1.54) is 23.1 Å². The maximum atomic E-state index is 12.9. The average molecular weight is 456 g/mol. The number of carbonyl (C=O) groups excluding carboxylic acids is 1. The van der Waals surface area contributed by atoms with Crippen molar-refractivity contribution >= 4 is 29.0 Å². The Morgan fingerprint density at radius 1 is 1.19 bits per heavy atom. The molecule has 3 aromatic heterocycles. The maximum absolute atomic E-state index is 12.9. The number of carbonyl (C=O) groups is 1. The van der Waals surface area contributed by atoms with Crippen LogP contribution < -0.4 is 0 Å². The summed E-state index contributed by atoms with van der Waals surface area (Å²) in [5.74, 6) is 1.06. The van der Waals surface area contributed by atoms with Crippen LogP contribution >= 0.6 is 23.1 Å². The minimum Gasteiger partial charge on any atom is -0.418 e. The van der Waals surface area contributed by atoms with Crippen molar-refractivity contribution in [2.75, 3.05) is 12.3 Å². The van der Waals surface area contributed by atoms with Crippen LogP contribution in [0.2, 0.25) is 0 Å². The Balaban J connectivity index is 1.41. The molecule has 11 heteroatoms. The molecule has 0 saturated heterocycles. The third-order valence-corrected chi connectivity index (χ3v) is 6.18. The van der Waals surface area contributed by atoms with E-state index in [9.17, 15) is 4.79 Å². The molecule has 0 bridgehead atoms. The first-order valence-electron chi connectivity index (χ1n) is 9.76. The molecule has 0 fully saturated rings. The van der Waals surface area contributed by atoms with Gasteiger partial charge in [-0.25, -0.2) is 0 Å². The van der Waals surface area contributed by atoms with Crippen LogP contribution in [0.15, 0.2) is 51.4 Å². The molecule has 0 spiro atoms. The summed E-state index contributed by atoms with van der Waals surface area (Å²) in [6.07, 6.45) is 0.823. The van der Waals surface area contributed by atoms with E-state index in [4.69, 9.17) is 4.42 Å². The fourth-order valence-corrected chi connectivity index (χ4v) is 4.31. The quantitative estimate of drug-likeness (QED) is 0.353. The highest BCUT2D eigenvalue weighted by Crippen LogP contribution is 2.24. The highest BCUT2D eigenvalue weighted by atomic mass is 32.2. The molecule has 4 rings (SSSR count). The molecule has 0 radical (unpaired) electrons. The summed E-state index contributed by atoms with van der Waals surface area (Å²) in [5, 5.41) is 22.6. The van der Waals surface area contributed by atoms with Crippen molar-refractivity contribution in [1.29, 1.82) is 0 Å². The number of benzene rings is 1. The lowest BCUT2D eigenvalue weighted by atomic mass is 10.2. The summed E-state index contributed by atoms with van der Waals surface area (Å²) in [7, 11) is 0. The van der Waals surface area contributed by atoms with Crippen LogP contribution in [-0.2, 0) is 11.3 Å². The molecular weight excluding hydrogens is 434 g/mol. The van der Waals surface area contributed by atoms with E-state index in [2.05, 4.69) is 25.7 Å². The fourth-order valence-electron chi connectivity index (χ4n) is 2.88. The summed E-state index contributed by atoms with van der Waals surface area (Å²) in [6.45, 7) is 4.91. The van der Waals surface area contributed by atoms with Gasteiger partial charge in [-0.15, -0.1) is 26.6 Å². The minimum absolute atomic E-state index is 0.0406. The van der Waals surface area contributed by atoms with Crippen LogP contribution in [0.3, 0.4) is 0 Å². The summed E-state index contributed by atoms with van der Waals surface area (Å²) in [5.41, 5.74) is 2.00. The summed E-state index contributed by atoms with van der Waals surface area (Å²) in [6, 6.07) is 11.7. The number of hydrogen-bond acceptors (Lipinski definition) is 9. The molecule has 0 aliphatic carbocycles. The lowest BCUT2D eigenvalue weighted by Crippen LogP contribution is -2.32. The normalized spacial score (nSPS) is 11.0. The lowest BCUT2D eigenvalue weighted by Gasteiger charge is -2.19. The van der Waals surface area contributed by atoms with E-state index in [-0.39, 0.29) is 18.2 Å². The van der Waals surface area contributed by atoms with Crippen LogP contribution in [0, 0.1) is 6.92 Å². The number of thioether (sulfide) groups is 1. The summed E-state index contributed by atoms with van der Waals surface area (Å²) >= 11 is 2.83. The second kappa shape index (κ2) is 9.84. The first kappa shape index (κ1) is 21.2. The smallest absolute Gasteiger partial charge is 0.257 e. The maximum Gasteiger partial charge on any atom is 0.257 e. The van der Waals surface area contributed by atoms with E-state index < -0.39 is 0 Å². The Labute approximate surface area is 187 Å². The van der Waals surface area contributed by atoms with Gasteiger partial charge in [-0.05, 0) is 47.4 Å². The molecule has 0 unspecified atom stereocenters. The van der Waals surface area contributed by atoms with Crippen LogP contribution in [0.1, 0.15) is 24.8 Å². The first-order valence-corrected chi connectivity index (χ1v) is 11.6. The average Bonchev–Trinajstić information content (AvgIpc) is 3.53. The van der Waals surface area contributed by atoms with Crippen LogP contribution in [0.4, 0.5) is 0 Å². The van der Waals surface area contributed by atoms with Gasteiger partial charge in [0, 0.05) is 6.54 Å². The summed E-state index contributed by atoms with van der Waals surface area (Å²) < 4.78 is 7.37. The van der Waals surface area contributed by atoms with Crippen molar-refractivity contribution in [3.63, 3.8) is 0 Å². The van der Waals surface area contributed by atoms with E-state index in [0.717, 1.165) is 22.5 Å². The van der Waals surface area contributed by atoms with Crippen molar-refractivity contribution in [1.82, 2.24) is 35.3 Å². The predicted molar refractivity (Wildman–Crippen MR) is 118 cm³/mol. The van der Waals surface area contributed by atoms with Gasteiger partial charge in [0.05, 0.1) is 22.9 Å². The van der Waals surface area contributed by atoms with Gasteiger partial charge in [-0.1, -0.05) is 42.4 Å². The molecule has 0 aliphatic rings. The fraction of sp³-hybridized carbons (Fsp3) is 0.300. The number of nitrogens with zero attached hydrogens (tertiary/aromatic N) is 7. The molecule has 160 valence electrons. The number of tetrazole rings is 1. The van der Waals surface area contributed by atoms with E-state index in [1.54, 1.807) is 9.58 Å². The molecule has 1 amide bonds. The van der Waals surface area contributed by atoms with Gasteiger partial charge < -0.3 is 9.32 Å². The van der Waals surface area contributed by atoms with Gasteiger partial charge in [0.2, 0.25) is 17.0 Å². The first-order chi connectivity index (χ1) is 15.1. The van der Waals surface area contributed by atoms with Crippen molar-refractivity contribution in [3.8, 4) is 16.5 Å². The molecule has 31 heavy (non-hydrogen) atoms. The van der Waals surface area contributed by atoms with Gasteiger partial charge >= 0.3 is 0 Å². The van der Waals surface area contributed by atoms with Crippen molar-refractivity contribution in [2.45, 2.75) is 32.0 Å². The molecule has 1 aromatic carbocycles. The molecule has 0 atom stereocenters. The molecule has 9 nitrogen and oxygen atoms in total. The van der Waals surface area contributed by atoms with E-state index in [0.29, 0.717) is 23.5 Å². The predicted octanol–water partition coefficient (Wildman–Crippen LogP) is 3.61. The standard InChI is InChI=1S/C20H21N7O2S2/c1-3-10-26(12-17-21-22-19(29-17)16-5-4-11-30-16)18(28)13-31-20-23-24-25-27(20)15-8-6-14(2)7-9-15/h4-9,11H,3,10,12-13H2,1-2H3. The van der Waals surface area contributed by atoms with Gasteiger partial charge in [0.15, 0.2) is 0 Å². The zero-order valence-electron chi connectivity index (χ0n) is 17.1. The monoisotopic (exact) mass is 455 g/mol. The van der Waals surface area contributed by atoms with Gasteiger partial charge in [-0.3, -0.25) is 4.79 Å². The molecule has 3 heterocycles. The number of rotatable bonds is 9. The van der Waals surface area contributed by atoms with Crippen LogP contribution in [-0.4, -0.2) is 53.5 Å². The van der Waals surface area contributed by atoms with Gasteiger partial charge in [0.25, 0.3) is 5.89 Å². The largest absolute Gasteiger partial charge is 0.418 e. The Bertz CT molecular complexity index is 1120. The number of aryl methyl sites for hydroxylation is 1. The van der Waals surface area contributed by atoms with Gasteiger partial charge in [-0.2, -0.15) is 4.68 Å². The zero-order valence-corrected chi connectivity index (χ0v) is 18.8. The molecule has 0 saturated carbocycles. The van der Waals surface area contributed by atoms with Gasteiger partial charge in [0.1, 0.15) is 0 Å². The van der Waals surface area contributed by atoms with Crippen LogP contribution in [0.5, 0.6) is 0 Å². The second-order valence-electron chi connectivity index (χ2n) is 6.79. The van der Waals surface area contributed by atoms with E-state index in [1.807, 2.05) is 55.6 Å². The lowest BCUT2D eigenvalue weighted by molar-refractivity contribution is -0.129. The SMILES string of the molecule is CCCN(Cc1nnc(-c2cccs2)o1)C(=O)CSc1nnnn1-c1ccc(C)cc1. The number of aromatic nitrogens is 6. The second-order valence-corrected chi connectivity index (χ2v) is 8.68. The molecular formula is C20H21N7O2S2. The number of hydrogen-bond donors (Lipinski definition) is 0. The molecule has 4 aromatic rings.